The van der Waals surface area contributed by atoms with Gasteiger partial charge >= 0.3 is 0 Å². The van der Waals surface area contributed by atoms with Crippen LogP contribution < -0.4 is 0 Å². The van der Waals surface area contributed by atoms with Crippen molar-refractivity contribution < 1.29 is 18.4 Å². The summed E-state index contributed by atoms with van der Waals surface area (Å²) in [6, 6.07) is 1.70. The van der Waals surface area contributed by atoms with Gasteiger partial charge in [-0.2, -0.15) is 0 Å². The normalized spacial score (nSPS) is 10.2. The SMILES string of the molecule is CON(C)C(=O)c1cc(F)c(Cl)c(F)c1. The Kier molecular flexibility index (Phi) is 3.60. The number of hydrogen-bond acceptors (Lipinski definition) is 2. The maximum absolute atomic E-state index is 13.0. The fourth-order valence-corrected chi connectivity index (χ4v) is 1.05. The Labute approximate surface area is 90.1 Å². The Morgan fingerprint density at radius 2 is 1.87 bits per heavy atom. The zero-order valence-corrected chi connectivity index (χ0v) is 8.81. The molecule has 15 heavy (non-hydrogen) atoms. The minimum absolute atomic E-state index is 0.168. The van der Waals surface area contributed by atoms with Crippen molar-refractivity contribution in [1.29, 1.82) is 0 Å². The van der Waals surface area contributed by atoms with Crippen LogP contribution in [0.5, 0.6) is 0 Å². The maximum Gasteiger partial charge on any atom is 0.277 e. The van der Waals surface area contributed by atoms with Gasteiger partial charge in [0.05, 0.1) is 7.11 Å². The van der Waals surface area contributed by atoms with Crippen molar-refractivity contribution in [3.63, 3.8) is 0 Å². The highest BCUT2D eigenvalue weighted by molar-refractivity contribution is 6.31. The van der Waals surface area contributed by atoms with Crippen LogP contribution in [0.4, 0.5) is 8.78 Å². The second-order valence-corrected chi connectivity index (χ2v) is 3.12. The summed E-state index contributed by atoms with van der Waals surface area (Å²) >= 11 is 5.26. The molecule has 1 rings (SSSR count). The number of benzene rings is 1. The molecule has 1 amide bonds. The summed E-state index contributed by atoms with van der Waals surface area (Å²) in [4.78, 5) is 16.0. The molecule has 6 heteroatoms. The third-order valence-corrected chi connectivity index (χ3v) is 2.15. The summed E-state index contributed by atoms with van der Waals surface area (Å²) in [6.45, 7) is 0. The number of carbonyl (C=O) groups excluding carboxylic acids is 1. The quantitative estimate of drug-likeness (QED) is 0.581. The molecule has 0 bridgehead atoms. The molecule has 0 fully saturated rings. The molecule has 0 aromatic heterocycles. The topological polar surface area (TPSA) is 29.5 Å². The van der Waals surface area contributed by atoms with Gasteiger partial charge in [0.2, 0.25) is 0 Å². The van der Waals surface area contributed by atoms with Gasteiger partial charge in [-0.15, -0.1) is 0 Å². The first-order chi connectivity index (χ1) is 6.97. The van der Waals surface area contributed by atoms with Crippen LogP contribution in [-0.2, 0) is 4.84 Å². The van der Waals surface area contributed by atoms with E-state index in [9.17, 15) is 13.6 Å². The van der Waals surface area contributed by atoms with Gasteiger partial charge in [0.25, 0.3) is 5.91 Å². The van der Waals surface area contributed by atoms with E-state index in [0.29, 0.717) is 0 Å². The highest BCUT2D eigenvalue weighted by Gasteiger charge is 2.16. The van der Waals surface area contributed by atoms with E-state index in [1.807, 2.05) is 0 Å². The van der Waals surface area contributed by atoms with E-state index in [4.69, 9.17) is 11.6 Å². The zero-order valence-electron chi connectivity index (χ0n) is 8.05. The average molecular weight is 236 g/mol. The van der Waals surface area contributed by atoms with E-state index in [-0.39, 0.29) is 5.56 Å². The number of hydroxylamine groups is 2. The predicted octanol–water partition coefficient (Wildman–Crippen LogP) is 2.25. The number of carbonyl (C=O) groups is 1. The Morgan fingerprint density at radius 1 is 1.40 bits per heavy atom. The van der Waals surface area contributed by atoms with Gasteiger partial charge in [0.15, 0.2) is 0 Å². The summed E-state index contributed by atoms with van der Waals surface area (Å²) in [7, 11) is 2.59. The molecule has 82 valence electrons. The Bertz CT molecular complexity index is 375. The summed E-state index contributed by atoms with van der Waals surface area (Å²) < 4.78 is 26.0. The minimum Gasteiger partial charge on any atom is -0.274 e. The molecule has 0 atom stereocenters. The summed E-state index contributed by atoms with van der Waals surface area (Å²) in [6.07, 6.45) is 0. The molecule has 0 N–H and O–H groups in total. The smallest absolute Gasteiger partial charge is 0.274 e. The molecule has 1 aromatic carbocycles. The first-order valence-corrected chi connectivity index (χ1v) is 4.32. The largest absolute Gasteiger partial charge is 0.277 e. The predicted molar refractivity (Wildman–Crippen MR) is 50.5 cm³/mol. The molecule has 0 aliphatic heterocycles. The second-order valence-electron chi connectivity index (χ2n) is 2.74. The van der Waals surface area contributed by atoms with Crippen LogP contribution in [0.25, 0.3) is 0 Å². The van der Waals surface area contributed by atoms with E-state index in [0.717, 1.165) is 17.2 Å². The Hall–Kier alpha value is -1.20. The van der Waals surface area contributed by atoms with Crippen molar-refractivity contribution in [3.05, 3.63) is 34.4 Å². The lowest BCUT2D eigenvalue weighted by Crippen LogP contribution is -2.25. The highest BCUT2D eigenvalue weighted by atomic mass is 35.5. The van der Waals surface area contributed by atoms with E-state index in [2.05, 4.69) is 4.84 Å². The molecule has 0 heterocycles. The molecule has 0 aliphatic rings. The van der Waals surface area contributed by atoms with Gasteiger partial charge in [-0.1, -0.05) is 11.6 Å². The molecule has 0 saturated carbocycles. The van der Waals surface area contributed by atoms with Crippen molar-refractivity contribution >= 4 is 17.5 Å². The highest BCUT2D eigenvalue weighted by Crippen LogP contribution is 2.21. The molecule has 0 saturated heterocycles. The van der Waals surface area contributed by atoms with E-state index < -0.39 is 22.6 Å². The van der Waals surface area contributed by atoms with Crippen molar-refractivity contribution in [3.8, 4) is 0 Å². The third-order valence-electron chi connectivity index (χ3n) is 1.79. The van der Waals surface area contributed by atoms with Gasteiger partial charge in [-0.3, -0.25) is 9.63 Å². The van der Waals surface area contributed by atoms with Crippen LogP contribution in [0.15, 0.2) is 12.1 Å². The molecule has 0 aliphatic carbocycles. The van der Waals surface area contributed by atoms with Crippen LogP contribution in [0.2, 0.25) is 5.02 Å². The van der Waals surface area contributed by atoms with Crippen LogP contribution in [0, 0.1) is 11.6 Å². The lowest BCUT2D eigenvalue weighted by molar-refractivity contribution is -0.0757. The Morgan fingerprint density at radius 3 is 2.27 bits per heavy atom. The molecule has 0 unspecified atom stereocenters. The van der Waals surface area contributed by atoms with E-state index >= 15 is 0 Å². The summed E-state index contributed by atoms with van der Waals surface area (Å²) in [5, 5.41) is 0.217. The van der Waals surface area contributed by atoms with Crippen molar-refractivity contribution in [2.24, 2.45) is 0 Å². The van der Waals surface area contributed by atoms with Gasteiger partial charge in [-0.05, 0) is 12.1 Å². The number of halogens is 3. The minimum atomic E-state index is -0.982. The zero-order chi connectivity index (χ0) is 11.6. The lowest BCUT2D eigenvalue weighted by Gasteiger charge is -2.13. The first-order valence-electron chi connectivity index (χ1n) is 3.94. The van der Waals surface area contributed by atoms with Gasteiger partial charge in [0, 0.05) is 12.6 Å². The standard InChI is InChI=1S/C9H8ClF2NO2/c1-13(15-2)9(14)5-3-6(11)8(10)7(12)4-5/h3-4H,1-2H3. The number of amides is 1. The molecule has 0 spiro atoms. The van der Waals surface area contributed by atoms with Crippen molar-refractivity contribution in [2.75, 3.05) is 14.2 Å². The summed E-state index contributed by atoms with van der Waals surface area (Å²) in [5.41, 5.74) is -0.168. The van der Waals surface area contributed by atoms with Crippen molar-refractivity contribution in [2.45, 2.75) is 0 Å². The van der Waals surface area contributed by atoms with Crippen LogP contribution in [0.1, 0.15) is 10.4 Å². The van der Waals surface area contributed by atoms with Gasteiger partial charge in [0.1, 0.15) is 16.7 Å². The summed E-state index contributed by atoms with van der Waals surface area (Å²) in [5.74, 6) is -2.62. The third kappa shape index (κ3) is 2.43. The molecular weight excluding hydrogens is 228 g/mol. The number of rotatable bonds is 2. The average Bonchev–Trinajstić information content (AvgIpc) is 2.23. The molecule has 3 nitrogen and oxygen atoms in total. The first kappa shape index (κ1) is 11.9. The fourth-order valence-electron chi connectivity index (χ4n) is 0.944. The van der Waals surface area contributed by atoms with Crippen molar-refractivity contribution in [1.82, 2.24) is 5.06 Å². The number of nitrogens with zero attached hydrogens (tertiary/aromatic N) is 1. The van der Waals surface area contributed by atoms with E-state index in [1.54, 1.807) is 0 Å². The van der Waals surface area contributed by atoms with Crippen LogP contribution in [-0.4, -0.2) is 25.1 Å². The van der Waals surface area contributed by atoms with E-state index in [1.165, 1.54) is 14.2 Å². The molecule has 1 aromatic rings. The van der Waals surface area contributed by atoms with Crippen LogP contribution >= 0.6 is 11.6 Å². The fraction of sp³-hybridized carbons (Fsp3) is 0.222. The van der Waals surface area contributed by atoms with Gasteiger partial charge < -0.3 is 0 Å². The maximum atomic E-state index is 13.0. The van der Waals surface area contributed by atoms with Gasteiger partial charge in [-0.25, -0.2) is 13.8 Å². The molecular formula is C9H8ClF2NO2. The lowest BCUT2D eigenvalue weighted by atomic mass is 10.2. The second kappa shape index (κ2) is 4.55. The molecule has 0 radical (unpaired) electrons. The van der Waals surface area contributed by atoms with Crippen LogP contribution in [0.3, 0.4) is 0 Å². The number of hydrogen-bond donors (Lipinski definition) is 0. The Balaban J connectivity index is 3.12. The monoisotopic (exact) mass is 235 g/mol.